The number of hydrogen-bond acceptors (Lipinski definition) is 8. The molecule has 0 bridgehead atoms. The monoisotopic (exact) mass is 528 g/mol. The normalized spacial score (nSPS) is 18.8. The lowest BCUT2D eigenvalue weighted by molar-refractivity contribution is -0.133. The van der Waals surface area contributed by atoms with Crippen molar-refractivity contribution in [3.05, 3.63) is 53.4 Å². The van der Waals surface area contributed by atoms with Gasteiger partial charge in [0.15, 0.2) is 5.78 Å². The minimum atomic E-state index is -1.11. The lowest BCUT2D eigenvalue weighted by atomic mass is 9.93. The fourth-order valence-corrected chi connectivity index (χ4v) is 3.98. The number of carbonyl (C=O) groups is 4. The highest BCUT2D eigenvalue weighted by atomic mass is 16.6. The summed E-state index contributed by atoms with van der Waals surface area (Å²) in [5.74, 6) is -1.91. The van der Waals surface area contributed by atoms with E-state index >= 15 is 0 Å². The van der Waals surface area contributed by atoms with Gasteiger partial charge in [-0.2, -0.15) is 0 Å². The number of Topliss-reactive ketones (excluding diaryl/α,β-unsaturated/α-hetero) is 1. The van der Waals surface area contributed by atoms with E-state index in [0.29, 0.717) is 18.7 Å². The van der Waals surface area contributed by atoms with E-state index in [1.165, 1.54) is 13.2 Å². The van der Waals surface area contributed by atoms with Crippen molar-refractivity contribution in [2.45, 2.75) is 64.3 Å². The van der Waals surface area contributed by atoms with Crippen LogP contribution in [0, 0.1) is 12.8 Å². The van der Waals surface area contributed by atoms with E-state index in [2.05, 4.69) is 21.1 Å². The molecule has 38 heavy (non-hydrogen) atoms. The number of rotatable bonds is 14. The minimum Gasteiger partial charge on any atom is -0.382 e. The third-order valence-electron chi connectivity index (χ3n) is 6.16. The van der Waals surface area contributed by atoms with Crippen LogP contribution in [0.1, 0.15) is 49.0 Å². The van der Waals surface area contributed by atoms with Crippen molar-refractivity contribution in [3.8, 4) is 0 Å². The van der Waals surface area contributed by atoms with Crippen LogP contribution in [0.5, 0.6) is 0 Å². The average molecular weight is 529 g/mol. The Labute approximate surface area is 222 Å². The number of methoxy groups -OCH3 is 1. The van der Waals surface area contributed by atoms with Crippen LogP contribution in [0.3, 0.4) is 0 Å². The summed E-state index contributed by atoms with van der Waals surface area (Å²) in [6.45, 7) is 7.45. The third-order valence-corrected chi connectivity index (χ3v) is 6.16. The van der Waals surface area contributed by atoms with Gasteiger partial charge in [-0.15, -0.1) is 0 Å². The molecule has 1 aliphatic heterocycles. The van der Waals surface area contributed by atoms with Crippen LogP contribution < -0.4 is 16.0 Å². The van der Waals surface area contributed by atoms with Crippen LogP contribution in [-0.2, 0) is 30.3 Å². The van der Waals surface area contributed by atoms with Crippen LogP contribution in [0.2, 0.25) is 0 Å². The van der Waals surface area contributed by atoms with E-state index in [1.54, 1.807) is 13.8 Å². The summed E-state index contributed by atoms with van der Waals surface area (Å²) in [6.07, 6.45) is 0.595. The summed E-state index contributed by atoms with van der Waals surface area (Å²) >= 11 is 0. The Morgan fingerprint density at radius 1 is 1.03 bits per heavy atom. The number of aryl methyl sites for hydroxylation is 1. The smallest absolute Gasteiger partial charge is 0.290 e. The van der Waals surface area contributed by atoms with Gasteiger partial charge in [0.25, 0.3) is 5.91 Å². The fraction of sp³-hybridized carbons (Fsp3) is 0.519. The van der Waals surface area contributed by atoms with Crippen molar-refractivity contribution < 1.29 is 33.2 Å². The van der Waals surface area contributed by atoms with Crippen molar-refractivity contribution in [2.75, 3.05) is 20.3 Å². The lowest BCUT2D eigenvalue weighted by Crippen LogP contribution is -2.58. The first kappa shape index (κ1) is 29.0. The molecule has 4 atom stereocenters. The molecule has 3 N–H and O–H groups in total. The number of carbonyl (C=O) groups excluding carboxylic acids is 4. The highest BCUT2D eigenvalue weighted by molar-refractivity contribution is 5.99. The molecule has 3 rings (SSSR count). The molecule has 3 amide bonds. The highest BCUT2D eigenvalue weighted by Gasteiger charge is 2.50. The fourth-order valence-electron chi connectivity index (χ4n) is 3.98. The van der Waals surface area contributed by atoms with Gasteiger partial charge in [0, 0.05) is 19.6 Å². The van der Waals surface area contributed by atoms with Gasteiger partial charge in [-0.25, -0.2) is 0 Å². The topological polar surface area (TPSA) is 152 Å². The number of amides is 3. The summed E-state index contributed by atoms with van der Waals surface area (Å²) in [6, 6.07) is 7.71. The quantitative estimate of drug-likeness (QED) is 0.311. The predicted octanol–water partition coefficient (Wildman–Crippen LogP) is 1.34. The maximum atomic E-state index is 13.5. The molecule has 206 valence electrons. The van der Waals surface area contributed by atoms with E-state index in [4.69, 9.17) is 14.0 Å². The molecule has 0 spiro atoms. The van der Waals surface area contributed by atoms with Crippen LogP contribution in [0.4, 0.5) is 0 Å². The van der Waals surface area contributed by atoms with Gasteiger partial charge < -0.3 is 29.9 Å². The molecule has 2 heterocycles. The number of ether oxygens (including phenoxy) is 2. The number of nitrogens with zero attached hydrogens (tertiary/aromatic N) is 1. The molecule has 1 fully saturated rings. The summed E-state index contributed by atoms with van der Waals surface area (Å²) in [7, 11) is 1.39. The van der Waals surface area contributed by atoms with E-state index in [9.17, 15) is 19.2 Å². The molecule has 0 aliphatic carbocycles. The van der Waals surface area contributed by atoms with Crippen molar-refractivity contribution in [1.29, 1.82) is 0 Å². The second kappa shape index (κ2) is 12.8. The van der Waals surface area contributed by atoms with E-state index in [0.717, 1.165) is 5.56 Å². The van der Waals surface area contributed by atoms with Crippen molar-refractivity contribution in [1.82, 2.24) is 21.1 Å². The second-order valence-electron chi connectivity index (χ2n) is 10.1. The van der Waals surface area contributed by atoms with Crippen LogP contribution in [-0.4, -0.2) is 72.7 Å². The maximum Gasteiger partial charge on any atom is 0.290 e. The Bertz CT molecular complexity index is 1130. The Balaban J connectivity index is 1.78. The first-order chi connectivity index (χ1) is 18.0. The number of benzene rings is 1. The molecular formula is C27H36N4O7. The number of ketones is 1. The second-order valence-corrected chi connectivity index (χ2v) is 10.1. The van der Waals surface area contributed by atoms with E-state index in [1.807, 2.05) is 44.2 Å². The molecule has 0 saturated carbocycles. The summed E-state index contributed by atoms with van der Waals surface area (Å²) < 4.78 is 15.4. The molecule has 11 heteroatoms. The molecule has 1 aromatic carbocycles. The Morgan fingerprint density at radius 3 is 2.21 bits per heavy atom. The number of epoxide rings is 1. The van der Waals surface area contributed by atoms with Gasteiger partial charge in [-0.3, -0.25) is 19.2 Å². The van der Waals surface area contributed by atoms with Gasteiger partial charge in [0.2, 0.25) is 17.6 Å². The standard InChI is InChI=1S/C27H36N4O7/c1-16(2)11-19(23(32)27(4)15-37-27)28-24(33)20(13-18-9-7-6-8-10-18)29-25(34)21(14-36-5)30-26(35)22-12-17(3)31-38-22/h6-10,12,16,19-21H,11,13-15H2,1-5H3,(H,28,33)(H,29,34)(H,30,35)/t19-,20-,21-,27-/m0/s1. The first-order valence-corrected chi connectivity index (χ1v) is 12.6. The maximum absolute atomic E-state index is 13.5. The zero-order valence-corrected chi connectivity index (χ0v) is 22.4. The Hall–Kier alpha value is -3.57. The first-order valence-electron chi connectivity index (χ1n) is 12.6. The van der Waals surface area contributed by atoms with Crippen molar-refractivity contribution in [2.24, 2.45) is 5.92 Å². The molecule has 0 unspecified atom stereocenters. The number of nitrogens with one attached hydrogen (secondary N) is 3. The third kappa shape index (κ3) is 7.96. The molecule has 11 nitrogen and oxygen atoms in total. The molecule has 0 radical (unpaired) electrons. The van der Waals surface area contributed by atoms with Gasteiger partial charge in [0.05, 0.1) is 24.9 Å². The van der Waals surface area contributed by atoms with Crippen molar-refractivity contribution >= 4 is 23.5 Å². The largest absolute Gasteiger partial charge is 0.382 e. The van der Waals surface area contributed by atoms with Crippen LogP contribution in [0.25, 0.3) is 0 Å². The molecule has 2 aromatic rings. The van der Waals surface area contributed by atoms with E-state index in [-0.39, 0.29) is 30.5 Å². The van der Waals surface area contributed by atoms with Gasteiger partial charge in [-0.05, 0) is 31.7 Å². The molecule has 1 aromatic heterocycles. The molecule has 1 aliphatic rings. The summed E-state index contributed by atoms with van der Waals surface area (Å²) in [5.41, 5.74) is 0.415. The summed E-state index contributed by atoms with van der Waals surface area (Å²) in [4.78, 5) is 52.4. The zero-order valence-electron chi connectivity index (χ0n) is 22.4. The predicted molar refractivity (Wildman–Crippen MR) is 137 cm³/mol. The van der Waals surface area contributed by atoms with Crippen LogP contribution in [0.15, 0.2) is 40.9 Å². The van der Waals surface area contributed by atoms with E-state index < -0.39 is 41.4 Å². The highest BCUT2D eigenvalue weighted by Crippen LogP contribution is 2.29. The SMILES string of the molecule is COC[C@H](NC(=O)c1cc(C)no1)C(=O)N[C@@H](Cc1ccccc1)C(=O)N[C@@H](CC(C)C)C(=O)[C@]1(C)CO1. The Morgan fingerprint density at radius 2 is 1.66 bits per heavy atom. The Kier molecular flexibility index (Phi) is 9.76. The van der Waals surface area contributed by atoms with Gasteiger partial charge >= 0.3 is 0 Å². The number of hydrogen-bond donors (Lipinski definition) is 3. The van der Waals surface area contributed by atoms with Gasteiger partial charge in [-0.1, -0.05) is 49.3 Å². The lowest BCUT2D eigenvalue weighted by Gasteiger charge is -2.26. The summed E-state index contributed by atoms with van der Waals surface area (Å²) in [5, 5.41) is 11.8. The van der Waals surface area contributed by atoms with Crippen LogP contribution >= 0.6 is 0 Å². The molecular weight excluding hydrogens is 492 g/mol. The van der Waals surface area contributed by atoms with Crippen molar-refractivity contribution in [3.63, 3.8) is 0 Å². The average Bonchev–Trinajstić information content (AvgIpc) is 3.48. The van der Waals surface area contributed by atoms with Gasteiger partial charge in [0.1, 0.15) is 17.7 Å². The minimum absolute atomic E-state index is 0.0548. The molecule has 1 saturated heterocycles. The number of aromatic nitrogens is 1. The zero-order chi connectivity index (χ0) is 27.9.